The third-order valence-corrected chi connectivity index (χ3v) is 4.04. The van der Waals surface area contributed by atoms with Crippen LogP contribution in [-0.2, 0) is 9.59 Å². The summed E-state index contributed by atoms with van der Waals surface area (Å²) in [4.78, 5) is 25.5. The van der Waals surface area contributed by atoms with Crippen molar-refractivity contribution >= 4 is 11.8 Å². The van der Waals surface area contributed by atoms with Gasteiger partial charge in [-0.3, -0.25) is 9.59 Å². The van der Waals surface area contributed by atoms with Crippen LogP contribution in [0.1, 0.15) is 47.0 Å². The van der Waals surface area contributed by atoms with E-state index in [2.05, 4.69) is 5.32 Å². The normalized spacial score (nSPS) is 20.5. The van der Waals surface area contributed by atoms with Crippen molar-refractivity contribution in [1.82, 2.24) is 10.2 Å². The lowest BCUT2D eigenvalue weighted by Gasteiger charge is -2.30. The molecule has 2 atom stereocenters. The molecule has 0 bridgehead atoms. The largest absolute Gasteiger partial charge is 0.388 e. The Morgan fingerprint density at radius 3 is 2.58 bits per heavy atom. The molecule has 1 saturated heterocycles. The monoisotopic (exact) mass is 270 g/mol. The molecule has 1 fully saturated rings. The molecule has 0 aromatic heterocycles. The van der Waals surface area contributed by atoms with Crippen LogP contribution in [0.2, 0.25) is 0 Å². The molecule has 2 unspecified atom stereocenters. The van der Waals surface area contributed by atoms with Crippen molar-refractivity contribution in [2.75, 3.05) is 13.1 Å². The summed E-state index contributed by atoms with van der Waals surface area (Å²) in [6.45, 7) is 8.30. The van der Waals surface area contributed by atoms with Crippen LogP contribution in [0, 0.1) is 5.92 Å². The summed E-state index contributed by atoms with van der Waals surface area (Å²) in [7, 11) is 0. The maximum Gasteiger partial charge on any atom is 0.242 e. The van der Waals surface area contributed by atoms with Gasteiger partial charge in [-0.1, -0.05) is 20.8 Å². The van der Waals surface area contributed by atoms with Gasteiger partial charge in [-0.15, -0.1) is 0 Å². The van der Waals surface area contributed by atoms with Gasteiger partial charge in [0.15, 0.2) is 0 Å². The van der Waals surface area contributed by atoms with Crippen LogP contribution in [0.4, 0.5) is 0 Å². The zero-order chi connectivity index (χ0) is 14.6. The Bertz CT molecular complexity index is 340. The predicted molar refractivity (Wildman–Crippen MR) is 73.5 cm³/mol. The minimum atomic E-state index is -0.928. The molecule has 1 rings (SSSR count). The van der Waals surface area contributed by atoms with E-state index < -0.39 is 11.6 Å². The zero-order valence-corrected chi connectivity index (χ0v) is 12.4. The number of carbonyl (C=O) groups excluding carboxylic acids is 2. The van der Waals surface area contributed by atoms with Gasteiger partial charge in [-0.25, -0.2) is 0 Å². The van der Waals surface area contributed by atoms with Crippen LogP contribution in [0.5, 0.6) is 0 Å². The van der Waals surface area contributed by atoms with Crippen molar-refractivity contribution < 1.29 is 14.7 Å². The Morgan fingerprint density at radius 1 is 1.53 bits per heavy atom. The highest BCUT2D eigenvalue weighted by atomic mass is 16.3. The molecule has 1 heterocycles. The molecule has 0 spiro atoms. The summed E-state index contributed by atoms with van der Waals surface area (Å²) in [5.41, 5.74) is -0.928. The molecule has 0 radical (unpaired) electrons. The molecule has 110 valence electrons. The minimum absolute atomic E-state index is 0.0534. The molecular formula is C14H26N2O3. The zero-order valence-electron chi connectivity index (χ0n) is 12.4. The molecule has 0 aromatic carbocycles. The SMILES string of the molecule is CCC(C(=O)NCC(C)(O)C(C)C)N1CCCC1=O. The van der Waals surface area contributed by atoms with E-state index in [1.165, 1.54) is 0 Å². The third-order valence-electron chi connectivity index (χ3n) is 4.04. The van der Waals surface area contributed by atoms with Crippen molar-refractivity contribution in [3.05, 3.63) is 0 Å². The number of amides is 2. The molecule has 1 aliphatic rings. The number of hydrogen-bond donors (Lipinski definition) is 2. The van der Waals surface area contributed by atoms with Crippen LogP contribution in [0.15, 0.2) is 0 Å². The van der Waals surface area contributed by atoms with Crippen molar-refractivity contribution in [1.29, 1.82) is 0 Å². The Labute approximate surface area is 115 Å². The Balaban J connectivity index is 2.58. The molecule has 2 N–H and O–H groups in total. The first-order chi connectivity index (χ1) is 8.79. The average Bonchev–Trinajstić information content (AvgIpc) is 2.74. The van der Waals surface area contributed by atoms with Gasteiger partial charge in [0.1, 0.15) is 6.04 Å². The summed E-state index contributed by atoms with van der Waals surface area (Å²) in [6.07, 6.45) is 1.96. The van der Waals surface area contributed by atoms with Gasteiger partial charge < -0.3 is 15.3 Å². The number of carbonyl (C=O) groups is 2. The number of likely N-dealkylation sites (tertiary alicyclic amines) is 1. The fourth-order valence-electron chi connectivity index (χ4n) is 2.13. The summed E-state index contributed by atoms with van der Waals surface area (Å²) >= 11 is 0. The second-order valence-corrected chi connectivity index (χ2v) is 5.84. The lowest BCUT2D eigenvalue weighted by Crippen LogP contribution is -2.51. The van der Waals surface area contributed by atoms with Crippen LogP contribution < -0.4 is 5.32 Å². The first-order valence-corrected chi connectivity index (χ1v) is 7.09. The smallest absolute Gasteiger partial charge is 0.242 e. The molecular weight excluding hydrogens is 244 g/mol. The number of nitrogens with one attached hydrogen (secondary N) is 1. The van der Waals surface area contributed by atoms with Gasteiger partial charge in [-0.05, 0) is 25.7 Å². The average molecular weight is 270 g/mol. The van der Waals surface area contributed by atoms with Gasteiger partial charge in [0, 0.05) is 19.5 Å². The highest BCUT2D eigenvalue weighted by molar-refractivity contribution is 5.88. The third kappa shape index (κ3) is 3.93. The first-order valence-electron chi connectivity index (χ1n) is 7.09. The van der Waals surface area contributed by atoms with E-state index in [4.69, 9.17) is 0 Å². The second kappa shape index (κ2) is 6.37. The number of hydrogen-bond acceptors (Lipinski definition) is 3. The van der Waals surface area contributed by atoms with Crippen LogP contribution >= 0.6 is 0 Å². The van der Waals surface area contributed by atoms with Crippen molar-refractivity contribution in [3.8, 4) is 0 Å². The topological polar surface area (TPSA) is 69.6 Å². The Kier molecular flexibility index (Phi) is 5.35. The molecule has 0 aliphatic carbocycles. The predicted octanol–water partition coefficient (Wildman–Crippen LogP) is 0.911. The maximum absolute atomic E-state index is 12.2. The number of rotatable bonds is 6. The van der Waals surface area contributed by atoms with Crippen molar-refractivity contribution in [2.45, 2.75) is 58.6 Å². The molecule has 5 heteroatoms. The van der Waals surface area contributed by atoms with E-state index in [0.29, 0.717) is 19.4 Å². The summed E-state index contributed by atoms with van der Waals surface area (Å²) < 4.78 is 0. The van der Waals surface area contributed by atoms with E-state index in [-0.39, 0.29) is 24.3 Å². The highest BCUT2D eigenvalue weighted by Gasteiger charge is 2.33. The second-order valence-electron chi connectivity index (χ2n) is 5.84. The van der Waals surface area contributed by atoms with Gasteiger partial charge in [0.2, 0.25) is 11.8 Å². The maximum atomic E-state index is 12.2. The van der Waals surface area contributed by atoms with Gasteiger partial charge in [-0.2, -0.15) is 0 Å². The summed E-state index contributed by atoms with van der Waals surface area (Å²) in [5, 5.41) is 12.9. The molecule has 2 amide bonds. The van der Waals surface area contributed by atoms with Crippen LogP contribution in [-0.4, -0.2) is 46.6 Å². The Hall–Kier alpha value is -1.10. The molecule has 1 aliphatic heterocycles. The van der Waals surface area contributed by atoms with Crippen LogP contribution in [0.25, 0.3) is 0 Å². The molecule has 0 aromatic rings. The lowest BCUT2D eigenvalue weighted by molar-refractivity contribution is -0.138. The Morgan fingerprint density at radius 2 is 2.16 bits per heavy atom. The van der Waals surface area contributed by atoms with E-state index in [9.17, 15) is 14.7 Å². The quantitative estimate of drug-likeness (QED) is 0.754. The van der Waals surface area contributed by atoms with Gasteiger partial charge in [0.05, 0.1) is 5.60 Å². The van der Waals surface area contributed by atoms with Crippen molar-refractivity contribution in [3.63, 3.8) is 0 Å². The van der Waals surface area contributed by atoms with E-state index >= 15 is 0 Å². The molecule has 0 saturated carbocycles. The van der Waals surface area contributed by atoms with Crippen molar-refractivity contribution in [2.24, 2.45) is 5.92 Å². The molecule has 19 heavy (non-hydrogen) atoms. The molecule has 5 nitrogen and oxygen atoms in total. The highest BCUT2D eigenvalue weighted by Crippen LogP contribution is 2.17. The van der Waals surface area contributed by atoms with E-state index in [1.807, 2.05) is 20.8 Å². The van der Waals surface area contributed by atoms with Gasteiger partial charge in [0.25, 0.3) is 0 Å². The van der Waals surface area contributed by atoms with E-state index in [0.717, 1.165) is 6.42 Å². The minimum Gasteiger partial charge on any atom is -0.388 e. The van der Waals surface area contributed by atoms with E-state index in [1.54, 1.807) is 11.8 Å². The standard InChI is InChI=1S/C14H26N2O3/c1-5-11(16-8-6-7-12(16)17)13(18)15-9-14(4,19)10(2)3/h10-11,19H,5-9H2,1-4H3,(H,15,18). The lowest BCUT2D eigenvalue weighted by atomic mass is 9.92. The number of aliphatic hydroxyl groups is 1. The van der Waals surface area contributed by atoms with Crippen LogP contribution in [0.3, 0.4) is 0 Å². The first kappa shape index (κ1) is 16.0. The fraction of sp³-hybridized carbons (Fsp3) is 0.857. The number of nitrogens with zero attached hydrogens (tertiary/aromatic N) is 1. The summed E-state index contributed by atoms with van der Waals surface area (Å²) in [6, 6.07) is -0.405. The summed E-state index contributed by atoms with van der Waals surface area (Å²) in [5.74, 6) is -0.0578. The van der Waals surface area contributed by atoms with Gasteiger partial charge >= 0.3 is 0 Å². The fourth-order valence-corrected chi connectivity index (χ4v) is 2.13.